The maximum atomic E-state index is 13.0. The number of nitrogens with two attached hydrogens (primary N) is 1. The van der Waals surface area contributed by atoms with Crippen LogP contribution in [0.3, 0.4) is 0 Å². The summed E-state index contributed by atoms with van der Waals surface area (Å²) in [7, 11) is 0. The van der Waals surface area contributed by atoms with Crippen LogP contribution in [0.1, 0.15) is 19.8 Å². The van der Waals surface area contributed by atoms with Crippen LogP contribution in [0, 0.1) is 0 Å². The van der Waals surface area contributed by atoms with E-state index in [4.69, 9.17) is 10.8 Å². The lowest BCUT2D eigenvalue weighted by atomic mass is 10.0. The molecule has 0 bridgehead atoms. The Labute approximate surface area is 82.9 Å². The van der Waals surface area contributed by atoms with Gasteiger partial charge in [-0.2, -0.15) is 0 Å². The Morgan fingerprint density at radius 3 is 2.86 bits per heavy atom. The van der Waals surface area contributed by atoms with E-state index in [0.717, 1.165) is 0 Å². The molecule has 0 saturated carbocycles. The lowest BCUT2D eigenvalue weighted by molar-refractivity contribution is -0.135. The zero-order chi connectivity index (χ0) is 10.8. The van der Waals surface area contributed by atoms with Gasteiger partial charge in [0.15, 0.2) is 6.17 Å². The first-order valence-electron chi connectivity index (χ1n) is 4.85. The number of hydrogen-bond acceptors (Lipinski definition) is 3. The van der Waals surface area contributed by atoms with E-state index < -0.39 is 17.6 Å². The summed E-state index contributed by atoms with van der Waals surface area (Å²) in [5.41, 5.74) is 5.03. The molecule has 0 aromatic heterocycles. The smallest absolute Gasteiger partial charge is 0.257 e. The second-order valence-corrected chi connectivity index (χ2v) is 3.91. The Morgan fingerprint density at radius 1 is 1.79 bits per heavy atom. The monoisotopic (exact) mass is 204 g/mol. The number of hydrogen-bond donors (Lipinski definition) is 2. The summed E-state index contributed by atoms with van der Waals surface area (Å²) in [5, 5.41) is 8.96. The summed E-state index contributed by atoms with van der Waals surface area (Å²) in [6, 6.07) is 0. The summed E-state index contributed by atoms with van der Waals surface area (Å²) in [5.74, 6) is -0.506. The molecule has 1 unspecified atom stereocenters. The first kappa shape index (κ1) is 11.4. The second kappa shape index (κ2) is 4.23. The van der Waals surface area contributed by atoms with E-state index in [0.29, 0.717) is 13.0 Å². The molecule has 1 saturated heterocycles. The highest BCUT2D eigenvalue weighted by Crippen LogP contribution is 2.19. The standard InChI is InChI=1S/C9H17FN2O2/c1-2-7(10)8(14)12-4-3-9(11,5-12)6-13/h7,13H,2-6,11H2,1H3/t7-,9?/m0/s1. The highest BCUT2D eigenvalue weighted by atomic mass is 19.1. The maximum absolute atomic E-state index is 13.0. The summed E-state index contributed by atoms with van der Waals surface area (Å²) in [6.45, 7) is 2.15. The fourth-order valence-corrected chi connectivity index (χ4v) is 1.59. The SMILES string of the molecule is CC[C@H](F)C(=O)N1CCC(N)(CO)C1. The van der Waals surface area contributed by atoms with Gasteiger partial charge in [0.2, 0.25) is 0 Å². The molecule has 1 aliphatic heterocycles. The second-order valence-electron chi connectivity index (χ2n) is 3.91. The van der Waals surface area contributed by atoms with Crippen molar-refractivity contribution in [2.45, 2.75) is 31.5 Å². The zero-order valence-electron chi connectivity index (χ0n) is 8.37. The van der Waals surface area contributed by atoms with Crippen molar-refractivity contribution in [1.82, 2.24) is 4.90 Å². The van der Waals surface area contributed by atoms with Crippen LogP contribution in [0.2, 0.25) is 0 Å². The van der Waals surface area contributed by atoms with Crippen LogP contribution >= 0.6 is 0 Å². The predicted molar refractivity (Wildman–Crippen MR) is 50.4 cm³/mol. The van der Waals surface area contributed by atoms with E-state index >= 15 is 0 Å². The van der Waals surface area contributed by atoms with Crippen molar-refractivity contribution in [3.05, 3.63) is 0 Å². The number of likely N-dealkylation sites (tertiary alicyclic amines) is 1. The molecule has 1 rings (SSSR count). The molecular formula is C9H17FN2O2. The molecule has 0 spiro atoms. The van der Waals surface area contributed by atoms with Gasteiger partial charge in [-0.1, -0.05) is 6.92 Å². The molecule has 4 nitrogen and oxygen atoms in total. The van der Waals surface area contributed by atoms with Crippen molar-refractivity contribution in [2.24, 2.45) is 5.73 Å². The van der Waals surface area contributed by atoms with Gasteiger partial charge in [0.05, 0.1) is 12.1 Å². The molecule has 1 heterocycles. The molecule has 3 N–H and O–H groups in total. The summed E-state index contributed by atoms with van der Waals surface area (Å²) in [4.78, 5) is 12.8. The first-order valence-corrected chi connectivity index (χ1v) is 4.85. The average molecular weight is 204 g/mol. The number of nitrogens with zero attached hydrogens (tertiary/aromatic N) is 1. The maximum Gasteiger partial charge on any atom is 0.257 e. The Kier molecular flexibility index (Phi) is 3.44. The van der Waals surface area contributed by atoms with Gasteiger partial charge >= 0.3 is 0 Å². The third kappa shape index (κ3) is 2.22. The minimum absolute atomic E-state index is 0.167. The fourth-order valence-electron chi connectivity index (χ4n) is 1.59. The van der Waals surface area contributed by atoms with Crippen LogP contribution in [0.5, 0.6) is 0 Å². The molecule has 1 fully saturated rings. The topological polar surface area (TPSA) is 66.6 Å². The average Bonchev–Trinajstić information content (AvgIpc) is 2.59. The van der Waals surface area contributed by atoms with E-state index in [1.54, 1.807) is 6.92 Å². The van der Waals surface area contributed by atoms with E-state index in [2.05, 4.69) is 0 Å². The molecular weight excluding hydrogens is 187 g/mol. The Hall–Kier alpha value is -0.680. The molecule has 0 aliphatic carbocycles. The quantitative estimate of drug-likeness (QED) is 0.660. The fraction of sp³-hybridized carbons (Fsp3) is 0.889. The summed E-state index contributed by atoms with van der Waals surface area (Å²) >= 11 is 0. The third-order valence-electron chi connectivity index (χ3n) is 2.64. The normalized spacial score (nSPS) is 29.3. The van der Waals surface area contributed by atoms with E-state index in [9.17, 15) is 9.18 Å². The van der Waals surface area contributed by atoms with Gasteiger partial charge in [0.25, 0.3) is 5.91 Å². The number of amides is 1. The largest absolute Gasteiger partial charge is 0.394 e. The molecule has 0 aromatic carbocycles. The van der Waals surface area contributed by atoms with Crippen molar-refractivity contribution in [3.8, 4) is 0 Å². The highest BCUT2D eigenvalue weighted by Gasteiger charge is 2.37. The Bertz CT molecular complexity index is 225. The van der Waals surface area contributed by atoms with E-state index in [1.165, 1.54) is 4.90 Å². The molecule has 82 valence electrons. The number of aliphatic hydroxyl groups excluding tert-OH is 1. The third-order valence-corrected chi connectivity index (χ3v) is 2.64. The van der Waals surface area contributed by atoms with Crippen molar-refractivity contribution in [1.29, 1.82) is 0 Å². The van der Waals surface area contributed by atoms with Gasteiger partial charge in [0, 0.05) is 13.1 Å². The molecule has 0 radical (unpaired) electrons. The van der Waals surface area contributed by atoms with E-state index in [1.807, 2.05) is 0 Å². The number of carbonyl (C=O) groups is 1. The zero-order valence-corrected chi connectivity index (χ0v) is 8.37. The Morgan fingerprint density at radius 2 is 2.43 bits per heavy atom. The lowest BCUT2D eigenvalue weighted by Gasteiger charge is -2.22. The molecule has 2 atom stereocenters. The van der Waals surface area contributed by atoms with Crippen molar-refractivity contribution in [2.75, 3.05) is 19.7 Å². The van der Waals surface area contributed by atoms with Crippen molar-refractivity contribution in [3.63, 3.8) is 0 Å². The van der Waals surface area contributed by atoms with Crippen LogP contribution in [-0.4, -0.2) is 47.3 Å². The molecule has 0 aromatic rings. The van der Waals surface area contributed by atoms with Crippen molar-refractivity contribution < 1.29 is 14.3 Å². The van der Waals surface area contributed by atoms with Gasteiger partial charge in [-0.05, 0) is 12.8 Å². The Balaban J connectivity index is 2.54. The summed E-state index contributed by atoms with van der Waals surface area (Å²) < 4.78 is 13.0. The van der Waals surface area contributed by atoms with Crippen molar-refractivity contribution >= 4 is 5.91 Å². The lowest BCUT2D eigenvalue weighted by Crippen LogP contribution is -2.47. The molecule has 14 heavy (non-hydrogen) atoms. The van der Waals surface area contributed by atoms with Gasteiger partial charge in [-0.25, -0.2) is 4.39 Å². The van der Waals surface area contributed by atoms with Crippen LogP contribution in [0.25, 0.3) is 0 Å². The molecule has 1 aliphatic rings. The van der Waals surface area contributed by atoms with Crippen LogP contribution in [0.15, 0.2) is 0 Å². The predicted octanol–water partition coefficient (Wildman–Crippen LogP) is -0.343. The number of rotatable bonds is 3. The highest BCUT2D eigenvalue weighted by molar-refractivity contribution is 5.81. The molecule has 1 amide bonds. The van der Waals surface area contributed by atoms with Crippen LogP contribution in [0.4, 0.5) is 4.39 Å². The van der Waals surface area contributed by atoms with Gasteiger partial charge in [-0.15, -0.1) is 0 Å². The molecule has 5 heteroatoms. The minimum atomic E-state index is -1.43. The number of halogens is 1. The van der Waals surface area contributed by atoms with Gasteiger partial charge in [-0.3, -0.25) is 4.79 Å². The number of aliphatic hydroxyl groups is 1. The van der Waals surface area contributed by atoms with Crippen LogP contribution in [-0.2, 0) is 4.79 Å². The minimum Gasteiger partial charge on any atom is -0.394 e. The van der Waals surface area contributed by atoms with Gasteiger partial charge < -0.3 is 15.7 Å². The van der Waals surface area contributed by atoms with E-state index in [-0.39, 0.29) is 19.6 Å². The number of alkyl halides is 1. The summed E-state index contributed by atoms with van der Waals surface area (Å²) in [6.07, 6.45) is -0.714. The number of carbonyl (C=O) groups excluding carboxylic acids is 1. The van der Waals surface area contributed by atoms with Gasteiger partial charge in [0.1, 0.15) is 0 Å². The first-order chi connectivity index (χ1) is 6.52. The van der Waals surface area contributed by atoms with Crippen LogP contribution < -0.4 is 5.73 Å².